The van der Waals surface area contributed by atoms with Gasteiger partial charge in [-0.25, -0.2) is 0 Å². The van der Waals surface area contributed by atoms with E-state index in [0.29, 0.717) is 15.9 Å². The third kappa shape index (κ3) is 2.97. The van der Waals surface area contributed by atoms with Crippen LogP contribution in [0.15, 0.2) is 12.1 Å². The molecule has 1 aromatic rings. The Kier molecular flexibility index (Phi) is 4.41. The summed E-state index contributed by atoms with van der Waals surface area (Å²) in [6.45, 7) is -2.91. The van der Waals surface area contributed by atoms with Crippen LogP contribution in [-0.4, -0.2) is 6.61 Å². The summed E-state index contributed by atoms with van der Waals surface area (Å²) < 4.78 is 28.1. The van der Waals surface area contributed by atoms with Gasteiger partial charge in [0.2, 0.25) is 0 Å². The summed E-state index contributed by atoms with van der Waals surface area (Å²) >= 11 is 14.6. The van der Waals surface area contributed by atoms with E-state index in [-0.39, 0.29) is 10.8 Å². The second kappa shape index (κ2) is 5.14. The molecule has 0 saturated heterocycles. The average molecular weight is 306 g/mol. The zero-order chi connectivity index (χ0) is 10.7. The van der Waals surface area contributed by atoms with E-state index in [1.807, 2.05) is 0 Å². The van der Waals surface area contributed by atoms with Crippen LogP contribution in [0.1, 0.15) is 5.56 Å². The molecule has 0 bridgehead atoms. The predicted molar refractivity (Wildman–Crippen MR) is 55.7 cm³/mol. The number of halogens is 5. The van der Waals surface area contributed by atoms with Crippen LogP contribution in [0.3, 0.4) is 0 Å². The van der Waals surface area contributed by atoms with Crippen molar-refractivity contribution in [2.75, 3.05) is 0 Å². The summed E-state index contributed by atoms with van der Waals surface area (Å²) in [5.41, 5.74) is 0.606. The highest BCUT2D eigenvalue weighted by atomic mass is 79.9. The van der Waals surface area contributed by atoms with Crippen molar-refractivity contribution in [3.8, 4) is 5.75 Å². The Bertz CT molecular complexity index is 333. The van der Waals surface area contributed by atoms with Gasteiger partial charge >= 0.3 is 6.61 Å². The monoisotopic (exact) mass is 304 g/mol. The fourth-order valence-corrected chi connectivity index (χ4v) is 1.95. The Balaban J connectivity index is 3.08. The number of rotatable bonds is 3. The topological polar surface area (TPSA) is 9.23 Å². The summed E-state index contributed by atoms with van der Waals surface area (Å²) in [5.74, 6) is -0.108. The van der Waals surface area contributed by atoms with Crippen molar-refractivity contribution in [3.63, 3.8) is 0 Å². The molecule has 0 aliphatic carbocycles. The minimum absolute atomic E-state index is 0.108. The van der Waals surface area contributed by atoms with E-state index in [1.54, 1.807) is 6.07 Å². The molecule has 0 fully saturated rings. The van der Waals surface area contributed by atoms with Gasteiger partial charge in [-0.15, -0.1) is 0 Å². The molecule has 1 aromatic carbocycles. The van der Waals surface area contributed by atoms with Crippen molar-refractivity contribution >= 4 is 39.1 Å². The molecule has 1 nitrogen and oxygen atoms in total. The normalized spacial score (nSPS) is 10.7. The number of hydrogen-bond donors (Lipinski definition) is 0. The van der Waals surface area contributed by atoms with Gasteiger partial charge in [-0.05, 0) is 11.6 Å². The van der Waals surface area contributed by atoms with Crippen LogP contribution in [0.2, 0.25) is 10.0 Å². The smallest absolute Gasteiger partial charge is 0.387 e. The van der Waals surface area contributed by atoms with Crippen LogP contribution in [0.5, 0.6) is 5.75 Å². The van der Waals surface area contributed by atoms with Crippen LogP contribution < -0.4 is 4.74 Å². The second-order valence-electron chi connectivity index (χ2n) is 2.39. The molecule has 1 rings (SSSR count). The van der Waals surface area contributed by atoms with Gasteiger partial charge in [-0.2, -0.15) is 8.78 Å². The molecule has 0 aliphatic heterocycles. The Hall–Kier alpha value is -0.0600. The lowest BCUT2D eigenvalue weighted by atomic mass is 10.2. The average Bonchev–Trinajstić information content (AvgIpc) is 2.09. The van der Waals surface area contributed by atoms with Gasteiger partial charge in [-0.1, -0.05) is 39.1 Å². The van der Waals surface area contributed by atoms with Crippen molar-refractivity contribution in [1.82, 2.24) is 0 Å². The van der Waals surface area contributed by atoms with E-state index < -0.39 is 6.61 Å². The molecule has 0 radical (unpaired) electrons. The quantitative estimate of drug-likeness (QED) is 0.748. The van der Waals surface area contributed by atoms with Gasteiger partial charge in [0.05, 0.1) is 5.02 Å². The Morgan fingerprint density at radius 3 is 2.50 bits per heavy atom. The zero-order valence-electron chi connectivity index (χ0n) is 6.74. The van der Waals surface area contributed by atoms with Gasteiger partial charge in [0.1, 0.15) is 5.75 Å². The minimum Gasteiger partial charge on any atom is -0.433 e. The van der Waals surface area contributed by atoms with Crippen LogP contribution in [0, 0.1) is 0 Å². The van der Waals surface area contributed by atoms with Gasteiger partial charge < -0.3 is 4.74 Å². The van der Waals surface area contributed by atoms with Crippen LogP contribution in [0.4, 0.5) is 8.78 Å². The summed E-state index contributed by atoms with van der Waals surface area (Å²) in [5, 5.41) is 0.873. The summed E-state index contributed by atoms with van der Waals surface area (Å²) in [6, 6.07) is 2.83. The lowest BCUT2D eigenvalue weighted by Crippen LogP contribution is -2.03. The number of ether oxygens (including phenoxy) is 1. The number of benzene rings is 1. The molecule has 0 aromatic heterocycles. The first-order valence-electron chi connectivity index (χ1n) is 3.53. The van der Waals surface area contributed by atoms with Crippen LogP contribution in [0.25, 0.3) is 0 Å². The van der Waals surface area contributed by atoms with E-state index in [4.69, 9.17) is 23.2 Å². The molecule has 0 N–H and O–H groups in total. The maximum Gasteiger partial charge on any atom is 0.387 e. The fraction of sp³-hybridized carbons (Fsp3) is 0.250. The van der Waals surface area contributed by atoms with Crippen molar-refractivity contribution in [2.45, 2.75) is 11.9 Å². The fourth-order valence-electron chi connectivity index (χ4n) is 0.897. The van der Waals surface area contributed by atoms with Gasteiger partial charge in [0, 0.05) is 16.4 Å². The largest absolute Gasteiger partial charge is 0.433 e. The van der Waals surface area contributed by atoms with E-state index in [0.717, 1.165) is 0 Å². The van der Waals surface area contributed by atoms with Crippen LogP contribution >= 0.6 is 39.1 Å². The van der Waals surface area contributed by atoms with Crippen molar-refractivity contribution in [3.05, 3.63) is 27.7 Å². The number of hydrogen-bond acceptors (Lipinski definition) is 1. The first-order chi connectivity index (χ1) is 6.54. The second-order valence-corrected chi connectivity index (χ2v) is 3.76. The molecule has 0 saturated carbocycles. The lowest BCUT2D eigenvalue weighted by Gasteiger charge is -2.09. The van der Waals surface area contributed by atoms with Crippen molar-refractivity contribution < 1.29 is 13.5 Å². The van der Waals surface area contributed by atoms with Gasteiger partial charge in [0.15, 0.2) is 0 Å². The van der Waals surface area contributed by atoms with E-state index in [9.17, 15) is 8.78 Å². The first kappa shape index (κ1) is 12.0. The van der Waals surface area contributed by atoms with Crippen LogP contribution in [-0.2, 0) is 5.33 Å². The molecule has 14 heavy (non-hydrogen) atoms. The molecule has 0 heterocycles. The molecule has 0 spiro atoms. The maximum atomic E-state index is 11.9. The van der Waals surface area contributed by atoms with Crippen molar-refractivity contribution in [2.24, 2.45) is 0 Å². The maximum absolute atomic E-state index is 11.9. The highest BCUT2D eigenvalue weighted by Gasteiger charge is 2.12. The first-order valence-corrected chi connectivity index (χ1v) is 5.41. The molecular formula is C8H5BrCl2F2O. The van der Waals surface area contributed by atoms with E-state index in [2.05, 4.69) is 20.7 Å². The highest BCUT2D eigenvalue weighted by molar-refractivity contribution is 9.08. The van der Waals surface area contributed by atoms with Gasteiger partial charge in [-0.3, -0.25) is 0 Å². The lowest BCUT2D eigenvalue weighted by molar-refractivity contribution is -0.0497. The Morgan fingerprint density at radius 1 is 1.36 bits per heavy atom. The third-order valence-electron chi connectivity index (χ3n) is 1.44. The molecule has 78 valence electrons. The molecule has 0 unspecified atom stereocenters. The summed E-state index contributed by atoms with van der Waals surface area (Å²) in [6.07, 6.45) is 0. The number of alkyl halides is 3. The standard InChI is InChI=1S/C8H5BrCl2F2O/c9-3-4-1-5(10)2-6(7(4)11)14-8(12)13/h1-2,8H,3H2. The van der Waals surface area contributed by atoms with E-state index in [1.165, 1.54) is 6.07 Å². The molecule has 0 atom stereocenters. The molecular weight excluding hydrogens is 301 g/mol. The SMILES string of the molecule is FC(F)Oc1cc(Cl)cc(CBr)c1Cl. The Morgan fingerprint density at radius 2 is 2.00 bits per heavy atom. The zero-order valence-corrected chi connectivity index (χ0v) is 9.84. The van der Waals surface area contributed by atoms with Crippen molar-refractivity contribution in [1.29, 1.82) is 0 Å². The summed E-state index contributed by atoms with van der Waals surface area (Å²) in [7, 11) is 0. The molecule has 0 amide bonds. The predicted octanol–water partition coefficient (Wildman–Crippen LogP) is 4.49. The molecule has 0 aliphatic rings. The highest BCUT2D eigenvalue weighted by Crippen LogP contribution is 2.34. The Labute approximate surface area is 98.1 Å². The molecule has 6 heteroatoms. The van der Waals surface area contributed by atoms with Gasteiger partial charge in [0.25, 0.3) is 0 Å². The van der Waals surface area contributed by atoms with E-state index >= 15 is 0 Å². The third-order valence-corrected chi connectivity index (χ3v) is 2.69. The summed E-state index contributed by atoms with van der Waals surface area (Å²) in [4.78, 5) is 0. The minimum atomic E-state index is -2.91.